The molecule has 4 nitrogen and oxygen atoms in total. The number of allylic oxidation sites excluding steroid dienone is 2. The van der Waals surface area contributed by atoms with Crippen molar-refractivity contribution < 1.29 is 29.3 Å². The molecule has 0 saturated heterocycles. The standard InChI is InChI=1S/C26H18NO.C19H35NO.Ir/c1-26(2)23-17(21-15-14-16-8-3-5-12-20(16)27-21)10-7-11-19(23)25-24(26)18-9-4-6-13-22(18)28-25;1-5-15(6-2)18(14-19(21)16(7-3)8-4)20-17-12-10-9-11-13-17;/h3-9,11-15H,1-2H3;14-17H,5-13H2,1-4H3,(H,20,21);/q-1;;/p-1. The zero-order valence-electron chi connectivity index (χ0n) is 30.6. The molecule has 0 N–H and O–H groups in total. The van der Waals surface area contributed by atoms with Crippen molar-refractivity contribution in [2.75, 3.05) is 0 Å². The Morgan fingerprint density at radius 2 is 1.56 bits per heavy atom. The van der Waals surface area contributed by atoms with Gasteiger partial charge in [0.25, 0.3) is 0 Å². The van der Waals surface area contributed by atoms with E-state index in [0.717, 1.165) is 70.4 Å². The number of benzene rings is 3. The fourth-order valence-corrected chi connectivity index (χ4v) is 8.07. The summed E-state index contributed by atoms with van der Waals surface area (Å²) in [4.78, 5) is 17.4. The van der Waals surface area contributed by atoms with Crippen molar-refractivity contribution in [3.05, 3.63) is 107 Å². The molecule has 2 aliphatic carbocycles. The average molecular weight is 845 g/mol. The molecular weight excluding hydrogens is 793 g/mol. The van der Waals surface area contributed by atoms with Crippen LogP contribution in [-0.2, 0) is 30.3 Å². The van der Waals surface area contributed by atoms with Gasteiger partial charge in [0.2, 0.25) is 0 Å². The molecule has 265 valence electrons. The molecule has 0 amide bonds. The first-order valence-electron chi connectivity index (χ1n) is 18.7. The van der Waals surface area contributed by atoms with Crippen LogP contribution in [0.2, 0.25) is 0 Å². The maximum Gasteiger partial charge on any atom is 0.157 e. The summed E-state index contributed by atoms with van der Waals surface area (Å²) in [6.07, 6.45) is 12.3. The molecule has 1 saturated carbocycles. The molecular formula is C45H52IrN2O2-2. The second-order valence-corrected chi connectivity index (χ2v) is 14.4. The summed E-state index contributed by atoms with van der Waals surface area (Å²) >= 11 is 0. The van der Waals surface area contributed by atoms with Crippen molar-refractivity contribution >= 4 is 27.7 Å². The third-order valence-corrected chi connectivity index (χ3v) is 10.9. The van der Waals surface area contributed by atoms with E-state index in [4.69, 9.17) is 14.7 Å². The van der Waals surface area contributed by atoms with Crippen LogP contribution in [0.5, 0.6) is 0 Å². The summed E-state index contributed by atoms with van der Waals surface area (Å²) in [6.45, 7) is 13.2. The minimum absolute atomic E-state index is 0. The topological polar surface area (TPSA) is 57.2 Å². The van der Waals surface area contributed by atoms with Gasteiger partial charge in [0.1, 0.15) is 11.3 Å². The first-order valence-corrected chi connectivity index (χ1v) is 18.7. The number of rotatable bonds is 10. The first kappa shape index (κ1) is 37.7. The minimum Gasteiger partial charge on any atom is -0.685 e. The van der Waals surface area contributed by atoms with Gasteiger partial charge >= 0.3 is 0 Å². The van der Waals surface area contributed by atoms with E-state index in [1.807, 2.05) is 36.4 Å². The third-order valence-electron chi connectivity index (χ3n) is 10.9. The number of aromatic nitrogens is 1. The number of carbonyl (C=O) groups is 1. The predicted molar refractivity (Wildman–Crippen MR) is 205 cm³/mol. The molecule has 50 heavy (non-hydrogen) atoms. The number of ketones is 1. The fraction of sp³-hybridized carbons (Fsp3) is 0.422. The Kier molecular flexibility index (Phi) is 12.6. The Labute approximate surface area is 312 Å². The van der Waals surface area contributed by atoms with E-state index < -0.39 is 0 Å². The number of pyridine rings is 1. The quantitative estimate of drug-likeness (QED) is 0.104. The van der Waals surface area contributed by atoms with Crippen molar-refractivity contribution in [2.45, 2.75) is 111 Å². The van der Waals surface area contributed by atoms with Crippen molar-refractivity contribution in [1.82, 2.24) is 4.98 Å². The van der Waals surface area contributed by atoms with E-state index in [1.165, 1.54) is 48.6 Å². The van der Waals surface area contributed by atoms with Gasteiger partial charge < -0.3 is 9.73 Å². The summed E-state index contributed by atoms with van der Waals surface area (Å²) in [5.74, 6) is 1.90. The molecule has 5 heteroatoms. The molecule has 5 aromatic rings. The van der Waals surface area contributed by atoms with E-state index in [1.54, 1.807) is 0 Å². The van der Waals surface area contributed by atoms with Gasteiger partial charge in [0.15, 0.2) is 5.78 Å². The van der Waals surface area contributed by atoms with Crippen LogP contribution in [-0.4, -0.2) is 16.8 Å². The van der Waals surface area contributed by atoms with Crippen LogP contribution in [0.25, 0.3) is 49.8 Å². The zero-order chi connectivity index (χ0) is 34.5. The molecule has 2 heterocycles. The maximum atomic E-state index is 12.5. The van der Waals surface area contributed by atoms with E-state index in [2.05, 4.69) is 90.1 Å². The van der Waals surface area contributed by atoms with Crippen molar-refractivity contribution in [3.63, 3.8) is 0 Å². The molecule has 2 aliphatic rings. The van der Waals surface area contributed by atoms with Gasteiger partial charge in [-0.15, -0.1) is 35.4 Å². The van der Waals surface area contributed by atoms with Gasteiger partial charge in [-0.1, -0.05) is 141 Å². The van der Waals surface area contributed by atoms with Crippen LogP contribution in [0.3, 0.4) is 0 Å². The average Bonchev–Trinajstić information content (AvgIpc) is 3.63. The van der Waals surface area contributed by atoms with E-state index in [0.29, 0.717) is 17.7 Å². The molecule has 0 aliphatic heterocycles. The van der Waals surface area contributed by atoms with E-state index in [9.17, 15) is 4.79 Å². The van der Waals surface area contributed by atoms with Crippen LogP contribution in [0, 0.1) is 17.9 Å². The second kappa shape index (κ2) is 16.7. The molecule has 0 spiro atoms. The Bertz CT molecular complexity index is 1940. The summed E-state index contributed by atoms with van der Waals surface area (Å²) in [6, 6.07) is 28.8. The molecule has 1 radical (unpaired) electrons. The van der Waals surface area contributed by atoms with Crippen LogP contribution in [0.15, 0.2) is 89.0 Å². The first-order chi connectivity index (χ1) is 23.8. The van der Waals surface area contributed by atoms with Gasteiger partial charge in [0.05, 0.1) is 5.52 Å². The Balaban J connectivity index is 0.000000200. The smallest absolute Gasteiger partial charge is 0.157 e. The summed E-state index contributed by atoms with van der Waals surface area (Å²) < 4.78 is 6.30. The number of nitrogens with zero attached hydrogens (tertiary/aromatic N) is 2. The molecule has 3 aromatic carbocycles. The van der Waals surface area contributed by atoms with Gasteiger partial charge in [-0.05, 0) is 53.5 Å². The zero-order valence-corrected chi connectivity index (χ0v) is 33.0. The van der Waals surface area contributed by atoms with Crippen LogP contribution >= 0.6 is 0 Å². The largest absolute Gasteiger partial charge is 0.685 e. The molecule has 0 atom stereocenters. The SMILES string of the molecule is CC1(C)c2c(-c3ccc4ccccc4n3)[c-]ccc2-c2oc3ccccc3c21.CCC(CC)C(=O)/C=C(\[N-]C1CCCCC1)C(CC)CC.[Ir]. The summed E-state index contributed by atoms with van der Waals surface area (Å²) in [7, 11) is 0. The van der Waals surface area contributed by atoms with Crippen LogP contribution < -0.4 is 0 Å². The molecule has 1 fully saturated rings. The van der Waals surface area contributed by atoms with Gasteiger partial charge in [-0.25, -0.2) is 0 Å². The van der Waals surface area contributed by atoms with Crippen LogP contribution in [0.1, 0.15) is 110 Å². The fourth-order valence-electron chi connectivity index (χ4n) is 8.07. The number of hydrogen-bond acceptors (Lipinski definition) is 3. The van der Waals surface area contributed by atoms with Crippen molar-refractivity contribution in [1.29, 1.82) is 0 Å². The number of hydrogen-bond donors (Lipinski definition) is 0. The number of carbonyl (C=O) groups excluding carboxylic acids is 1. The molecule has 2 aromatic heterocycles. The normalized spacial score (nSPS) is 15.4. The Hall–Kier alpha value is -3.53. The van der Waals surface area contributed by atoms with Crippen LogP contribution in [0.4, 0.5) is 0 Å². The van der Waals surface area contributed by atoms with Gasteiger partial charge in [-0.3, -0.25) is 9.78 Å². The predicted octanol–water partition coefficient (Wildman–Crippen LogP) is 12.8. The van der Waals surface area contributed by atoms with Crippen molar-refractivity contribution in [3.8, 4) is 22.6 Å². The van der Waals surface area contributed by atoms with E-state index >= 15 is 0 Å². The monoisotopic (exact) mass is 845 g/mol. The Morgan fingerprint density at radius 1 is 0.880 bits per heavy atom. The second-order valence-electron chi connectivity index (χ2n) is 14.4. The third kappa shape index (κ3) is 7.55. The molecule has 0 bridgehead atoms. The summed E-state index contributed by atoms with van der Waals surface area (Å²) in [5, 5.41) is 7.35. The van der Waals surface area contributed by atoms with Gasteiger partial charge in [0, 0.05) is 37.0 Å². The van der Waals surface area contributed by atoms with Crippen molar-refractivity contribution in [2.24, 2.45) is 11.8 Å². The van der Waals surface area contributed by atoms with E-state index in [-0.39, 0.29) is 31.4 Å². The molecule has 7 rings (SSSR count). The Morgan fingerprint density at radius 3 is 2.28 bits per heavy atom. The maximum absolute atomic E-state index is 12.5. The summed E-state index contributed by atoms with van der Waals surface area (Å²) in [5.41, 5.74) is 8.54. The molecule has 0 unspecified atom stereocenters. The van der Waals surface area contributed by atoms with Gasteiger partial charge in [-0.2, -0.15) is 5.70 Å². The number of para-hydroxylation sites is 2. The minimum atomic E-state index is -0.183. The number of furan rings is 1. The number of fused-ring (bicyclic) bond motifs is 6.